The maximum atomic E-state index is 13.4. The Morgan fingerprint density at radius 1 is 1.14 bits per heavy atom. The number of fused-ring (bicyclic) bond motifs is 2. The zero-order chi connectivity index (χ0) is 23.9. The molecule has 2 amide bonds. The maximum Gasteiger partial charge on any atom is 0.322 e. The van der Waals surface area contributed by atoms with Gasteiger partial charge in [0.25, 0.3) is 0 Å². The summed E-state index contributed by atoms with van der Waals surface area (Å²) in [5.41, 5.74) is 4.05. The Hall–Kier alpha value is -4.14. The summed E-state index contributed by atoms with van der Waals surface area (Å²) in [5, 5.41) is 7.23. The maximum absolute atomic E-state index is 13.4. The van der Waals surface area contributed by atoms with Crippen molar-refractivity contribution >= 4 is 34.1 Å². The number of aliphatic imine (C=N–C) groups is 1. The first-order valence-electron chi connectivity index (χ1n) is 11.9. The zero-order valence-electron chi connectivity index (χ0n) is 19.6. The number of hydrogen-bond donors (Lipinski definition) is 2. The van der Waals surface area contributed by atoms with Crippen molar-refractivity contribution in [3.05, 3.63) is 71.9 Å². The van der Waals surface area contributed by atoms with E-state index in [4.69, 9.17) is 0 Å². The Morgan fingerprint density at radius 3 is 2.83 bits per heavy atom. The third kappa shape index (κ3) is 3.82. The molecule has 3 aliphatic rings. The lowest BCUT2D eigenvalue weighted by atomic mass is 10.0. The van der Waals surface area contributed by atoms with Crippen LogP contribution in [0.4, 0.5) is 10.5 Å². The molecule has 1 saturated heterocycles. The molecule has 0 unspecified atom stereocenters. The quantitative estimate of drug-likeness (QED) is 0.573. The number of carbonyl (C=O) groups is 2. The molecule has 6 rings (SSSR count). The molecular formula is C26H27N7O2. The average molecular weight is 470 g/mol. The van der Waals surface area contributed by atoms with E-state index in [0.717, 1.165) is 53.9 Å². The van der Waals surface area contributed by atoms with Crippen LogP contribution in [0.3, 0.4) is 0 Å². The summed E-state index contributed by atoms with van der Waals surface area (Å²) in [6, 6.07) is 9.99. The van der Waals surface area contributed by atoms with E-state index in [2.05, 4.69) is 25.5 Å². The smallest absolute Gasteiger partial charge is 0.322 e. The van der Waals surface area contributed by atoms with E-state index in [9.17, 15) is 9.59 Å². The Bertz CT molecular complexity index is 1380. The highest BCUT2D eigenvalue weighted by Gasteiger charge is 2.32. The Kier molecular flexibility index (Phi) is 5.24. The number of pyridine rings is 1. The van der Waals surface area contributed by atoms with Gasteiger partial charge >= 0.3 is 6.03 Å². The third-order valence-electron chi connectivity index (χ3n) is 7.16. The van der Waals surface area contributed by atoms with Crippen LogP contribution in [0.1, 0.15) is 28.8 Å². The molecule has 9 heteroatoms. The topological polar surface area (TPSA) is 94.9 Å². The molecule has 0 atom stereocenters. The van der Waals surface area contributed by atoms with Crippen molar-refractivity contribution < 1.29 is 9.59 Å². The number of hydrogen-bond acceptors (Lipinski definition) is 6. The Balaban J connectivity index is 1.15. The number of rotatable bonds is 4. The minimum Gasteiger partial charge on any atom is -0.358 e. The number of nitrogens with one attached hydrogen (secondary N) is 2. The second-order valence-corrected chi connectivity index (χ2v) is 9.22. The molecule has 2 aromatic heterocycles. The fourth-order valence-corrected chi connectivity index (χ4v) is 5.26. The van der Waals surface area contributed by atoms with Gasteiger partial charge in [0.2, 0.25) is 5.78 Å². The first kappa shape index (κ1) is 21.4. The van der Waals surface area contributed by atoms with Crippen LogP contribution in [0, 0.1) is 0 Å². The minimum absolute atomic E-state index is 0.0611. The molecular weight excluding hydrogens is 442 g/mol. The number of aryl methyl sites for hydroxylation is 1. The molecule has 0 aliphatic carbocycles. The molecule has 0 bridgehead atoms. The number of benzene rings is 1. The molecule has 9 nitrogen and oxygen atoms in total. The molecule has 3 aromatic rings. The highest BCUT2D eigenvalue weighted by atomic mass is 16.2. The lowest BCUT2D eigenvalue weighted by molar-refractivity contribution is 0.106. The SMILES string of the molecule is Cn1cc(C(=O)C2=NCNC(N3CCC(N4Cc5ccncc5NC4=O)CC3)=C2)c2ccccc21. The van der Waals surface area contributed by atoms with Crippen molar-refractivity contribution in [2.24, 2.45) is 12.0 Å². The van der Waals surface area contributed by atoms with Crippen molar-refractivity contribution in [2.75, 3.05) is 25.1 Å². The number of anilines is 1. The van der Waals surface area contributed by atoms with Gasteiger partial charge in [-0.3, -0.25) is 14.8 Å². The normalized spacial score (nSPS) is 18.5. The molecule has 3 aliphatic heterocycles. The van der Waals surface area contributed by atoms with Gasteiger partial charge in [-0.2, -0.15) is 0 Å². The van der Waals surface area contributed by atoms with Crippen molar-refractivity contribution in [3.8, 4) is 0 Å². The van der Waals surface area contributed by atoms with Crippen LogP contribution in [0.5, 0.6) is 0 Å². The van der Waals surface area contributed by atoms with Crippen LogP contribution in [-0.2, 0) is 13.6 Å². The fraction of sp³-hybridized carbons (Fsp3) is 0.308. The van der Waals surface area contributed by atoms with Gasteiger partial charge in [-0.15, -0.1) is 0 Å². The van der Waals surface area contributed by atoms with E-state index in [0.29, 0.717) is 24.5 Å². The van der Waals surface area contributed by atoms with E-state index in [1.165, 1.54) is 0 Å². The first-order chi connectivity index (χ1) is 17.1. The van der Waals surface area contributed by atoms with Gasteiger partial charge in [-0.05, 0) is 30.5 Å². The standard InChI is InChI=1S/C26H27N7O2/c1-31-15-20(19-4-2-3-5-23(19)31)25(34)21-12-24(29-16-28-21)32-10-7-18(8-11-32)33-14-17-6-9-27-13-22(17)30-26(33)35/h2-6,9,12-13,15,18,29H,7-8,10-11,14,16H2,1H3,(H,30,35). The molecule has 2 N–H and O–H groups in total. The summed E-state index contributed by atoms with van der Waals surface area (Å²) in [6.45, 7) is 2.57. The number of para-hydroxylation sites is 1. The fourth-order valence-electron chi connectivity index (χ4n) is 5.26. The number of ketones is 1. The second-order valence-electron chi connectivity index (χ2n) is 9.22. The molecule has 178 valence electrons. The van der Waals surface area contributed by atoms with Crippen LogP contribution in [0.2, 0.25) is 0 Å². The average Bonchev–Trinajstić information content (AvgIpc) is 3.24. The predicted octanol–water partition coefficient (Wildman–Crippen LogP) is 3.11. The van der Waals surface area contributed by atoms with Crippen molar-refractivity contribution in [3.63, 3.8) is 0 Å². The highest BCUT2D eigenvalue weighted by molar-refractivity contribution is 6.51. The van der Waals surface area contributed by atoms with E-state index < -0.39 is 0 Å². The van der Waals surface area contributed by atoms with E-state index in [1.807, 2.05) is 59.1 Å². The van der Waals surface area contributed by atoms with Crippen LogP contribution < -0.4 is 10.6 Å². The molecule has 5 heterocycles. The number of Topliss-reactive ketones (excluding diaryl/α,β-unsaturated/α-hetero) is 1. The van der Waals surface area contributed by atoms with Crippen molar-refractivity contribution in [2.45, 2.75) is 25.4 Å². The van der Waals surface area contributed by atoms with E-state index >= 15 is 0 Å². The molecule has 0 radical (unpaired) electrons. The molecule has 35 heavy (non-hydrogen) atoms. The lowest BCUT2D eigenvalue weighted by Crippen LogP contribution is -2.51. The lowest BCUT2D eigenvalue weighted by Gasteiger charge is -2.42. The van der Waals surface area contributed by atoms with Gasteiger partial charge in [-0.1, -0.05) is 18.2 Å². The third-order valence-corrected chi connectivity index (χ3v) is 7.16. The Morgan fingerprint density at radius 2 is 1.97 bits per heavy atom. The molecule has 0 saturated carbocycles. The minimum atomic E-state index is -0.0613. The van der Waals surface area contributed by atoms with Crippen LogP contribution >= 0.6 is 0 Å². The molecule has 1 fully saturated rings. The van der Waals surface area contributed by atoms with Crippen LogP contribution in [-0.4, -0.2) is 62.7 Å². The number of piperidine rings is 1. The summed E-state index contributed by atoms with van der Waals surface area (Å²) in [4.78, 5) is 38.8. The largest absolute Gasteiger partial charge is 0.358 e. The monoisotopic (exact) mass is 469 g/mol. The zero-order valence-corrected chi connectivity index (χ0v) is 19.6. The predicted molar refractivity (Wildman–Crippen MR) is 134 cm³/mol. The summed E-state index contributed by atoms with van der Waals surface area (Å²) in [7, 11) is 1.95. The van der Waals surface area contributed by atoms with Crippen LogP contribution in [0.25, 0.3) is 10.9 Å². The first-order valence-corrected chi connectivity index (χ1v) is 11.9. The van der Waals surface area contributed by atoms with Crippen LogP contribution in [0.15, 0.2) is 65.8 Å². The number of aromatic nitrogens is 2. The van der Waals surface area contributed by atoms with Gasteiger partial charge in [0.15, 0.2) is 0 Å². The summed E-state index contributed by atoms with van der Waals surface area (Å²) in [5.74, 6) is 0.857. The highest BCUT2D eigenvalue weighted by Crippen LogP contribution is 2.28. The van der Waals surface area contributed by atoms with Gasteiger partial charge in [0.1, 0.15) is 18.2 Å². The van der Waals surface area contributed by atoms with Crippen molar-refractivity contribution in [1.82, 2.24) is 24.7 Å². The second kappa shape index (κ2) is 8.57. The molecule has 1 aromatic carbocycles. The van der Waals surface area contributed by atoms with Gasteiger partial charge in [0.05, 0.1) is 11.9 Å². The number of carbonyl (C=O) groups excluding carboxylic acids is 2. The summed E-state index contributed by atoms with van der Waals surface area (Å²) < 4.78 is 1.98. The number of likely N-dealkylation sites (tertiary alicyclic amines) is 1. The summed E-state index contributed by atoms with van der Waals surface area (Å²) >= 11 is 0. The van der Waals surface area contributed by atoms with Gasteiger partial charge < -0.3 is 25.0 Å². The summed E-state index contributed by atoms with van der Waals surface area (Å²) in [6.07, 6.45) is 8.93. The van der Waals surface area contributed by atoms with Gasteiger partial charge in [0, 0.05) is 67.7 Å². The Labute approximate surface area is 203 Å². The van der Waals surface area contributed by atoms with E-state index in [-0.39, 0.29) is 17.9 Å². The van der Waals surface area contributed by atoms with Crippen molar-refractivity contribution in [1.29, 1.82) is 0 Å². The number of amides is 2. The van der Waals surface area contributed by atoms with E-state index in [1.54, 1.807) is 12.4 Å². The van der Waals surface area contributed by atoms with Gasteiger partial charge in [-0.25, -0.2) is 4.79 Å². The molecule has 0 spiro atoms. The number of allylic oxidation sites excluding steroid dienone is 1. The number of nitrogens with zero attached hydrogens (tertiary/aromatic N) is 5. The number of urea groups is 1.